The quantitative estimate of drug-likeness (QED) is 0.559. The molecule has 1 atom stereocenters. The summed E-state index contributed by atoms with van der Waals surface area (Å²) in [7, 11) is 0. The number of aromatic nitrogens is 2. The van der Waals surface area contributed by atoms with Crippen molar-refractivity contribution in [2.75, 3.05) is 19.7 Å². The van der Waals surface area contributed by atoms with Crippen molar-refractivity contribution in [1.82, 2.24) is 15.1 Å². The molecule has 2 aromatic rings. The number of carbonyl (C=O) groups is 1. The number of aliphatic hydroxyl groups excluding tert-OH is 1. The van der Waals surface area contributed by atoms with Crippen LogP contribution in [0.2, 0.25) is 0 Å². The summed E-state index contributed by atoms with van der Waals surface area (Å²) in [4.78, 5) is 11.0. The monoisotopic (exact) mass is 373 g/mol. The number of benzene rings is 1. The van der Waals surface area contributed by atoms with Gasteiger partial charge in [0.1, 0.15) is 24.2 Å². The Morgan fingerprint density at radius 2 is 2.04 bits per heavy atom. The number of Topliss-reactive ketones (excluding diaryl/α,β-unsaturated/α-hetero) is 1. The first kappa shape index (κ1) is 21.1. The molecule has 0 fully saturated rings. The third kappa shape index (κ3) is 7.93. The number of nitrogens with one attached hydrogen (secondary N) is 1. The van der Waals surface area contributed by atoms with Crippen LogP contribution in [0.25, 0.3) is 0 Å². The number of ketones is 1. The first-order valence-corrected chi connectivity index (χ1v) is 9.55. The molecule has 1 heterocycles. The standard InChI is InChI=1S/C21H31N3O3/c1-16-13-17(2)24(23-16)12-4-11-22-14-20(26)15-27-21-9-7-19(8-10-21)6-5-18(3)25/h7-10,13,20,22,26H,4-6,11-12,14-15H2,1-3H3/t20-/m0/s1. The van der Waals surface area contributed by atoms with E-state index in [1.165, 1.54) is 5.69 Å². The lowest BCUT2D eigenvalue weighted by atomic mass is 10.1. The number of hydrogen-bond acceptors (Lipinski definition) is 5. The number of ether oxygens (including phenoxy) is 1. The molecule has 0 aliphatic carbocycles. The zero-order valence-corrected chi connectivity index (χ0v) is 16.6. The topological polar surface area (TPSA) is 76.4 Å². The van der Waals surface area contributed by atoms with Gasteiger partial charge in [0.15, 0.2) is 0 Å². The van der Waals surface area contributed by atoms with Crippen LogP contribution in [0, 0.1) is 13.8 Å². The molecule has 0 amide bonds. The first-order chi connectivity index (χ1) is 12.9. The minimum atomic E-state index is -0.559. The van der Waals surface area contributed by atoms with Crippen LogP contribution < -0.4 is 10.1 Å². The average Bonchev–Trinajstić information content (AvgIpc) is 2.96. The molecule has 0 saturated heterocycles. The summed E-state index contributed by atoms with van der Waals surface area (Å²) in [5.41, 5.74) is 3.33. The second-order valence-electron chi connectivity index (χ2n) is 7.02. The van der Waals surface area contributed by atoms with Gasteiger partial charge < -0.3 is 20.0 Å². The Labute approximate surface area is 161 Å². The molecular formula is C21H31N3O3. The molecule has 0 aliphatic rings. The molecule has 148 valence electrons. The highest BCUT2D eigenvalue weighted by Gasteiger charge is 2.06. The Morgan fingerprint density at radius 3 is 2.67 bits per heavy atom. The van der Waals surface area contributed by atoms with Gasteiger partial charge in [0.05, 0.1) is 5.69 Å². The lowest BCUT2D eigenvalue weighted by molar-refractivity contribution is -0.116. The summed E-state index contributed by atoms with van der Waals surface area (Å²) in [6.45, 7) is 8.09. The van der Waals surface area contributed by atoms with Crippen molar-refractivity contribution in [1.29, 1.82) is 0 Å². The number of aliphatic hydroxyl groups is 1. The van der Waals surface area contributed by atoms with Crippen LogP contribution in [-0.2, 0) is 17.8 Å². The normalized spacial score (nSPS) is 12.1. The maximum Gasteiger partial charge on any atom is 0.130 e. The van der Waals surface area contributed by atoms with Gasteiger partial charge in [0.2, 0.25) is 0 Å². The van der Waals surface area contributed by atoms with E-state index in [0.717, 1.165) is 42.9 Å². The minimum Gasteiger partial charge on any atom is -0.491 e. The van der Waals surface area contributed by atoms with Gasteiger partial charge in [-0.1, -0.05) is 12.1 Å². The van der Waals surface area contributed by atoms with Crippen LogP contribution in [0.15, 0.2) is 30.3 Å². The number of nitrogens with zero attached hydrogens (tertiary/aromatic N) is 2. The third-order valence-corrected chi connectivity index (χ3v) is 4.34. The Morgan fingerprint density at radius 1 is 1.30 bits per heavy atom. The summed E-state index contributed by atoms with van der Waals surface area (Å²) >= 11 is 0. The highest BCUT2D eigenvalue weighted by Crippen LogP contribution is 2.13. The molecule has 0 radical (unpaired) electrons. The Bertz CT molecular complexity index is 710. The van der Waals surface area contributed by atoms with Crippen molar-refractivity contribution in [3.8, 4) is 5.75 Å². The van der Waals surface area contributed by atoms with Gasteiger partial charge in [0.25, 0.3) is 0 Å². The molecule has 2 N–H and O–H groups in total. The fourth-order valence-electron chi connectivity index (χ4n) is 2.85. The summed E-state index contributed by atoms with van der Waals surface area (Å²) in [6.07, 6.45) is 1.71. The fraction of sp³-hybridized carbons (Fsp3) is 0.524. The molecule has 0 bridgehead atoms. The molecule has 0 spiro atoms. The molecule has 0 unspecified atom stereocenters. The van der Waals surface area contributed by atoms with Gasteiger partial charge in [-0.05, 0) is 63.9 Å². The largest absolute Gasteiger partial charge is 0.491 e. The number of hydrogen-bond donors (Lipinski definition) is 2. The first-order valence-electron chi connectivity index (χ1n) is 9.55. The van der Waals surface area contributed by atoms with Crippen molar-refractivity contribution >= 4 is 5.78 Å². The van der Waals surface area contributed by atoms with Crippen LogP contribution in [0.3, 0.4) is 0 Å². The van der Waals surface area contributed by atoms with Crippen molar-refractivity contribution < 1.29 is 14.6 Å². The van der Waals surface area contributed by atoms with Crippen LogP contribution in [0.1, 0.15) is 36.7 Å². The van der Waals surface area contributed by atoms with Crippen LogP contribution >= 0.6 is 0 Å². The van der Waals surface area contributed by atoms with Gasteiger partial charge in [-0.2, -0.15) is 5.10 Å². The van der Waals surface area contributed by atoms with Crippen molar-refractivity contribution in [2.24, 2.45) is 0 Å². The Kier molecular flexibility index (Phi) is 8.48. The van der Waals surface area contributed by atoms with Gasteiger partial charge in [-0.25, -0.2) is 0 Å². The zero-order chi connectivity index (χ0) is 19.6. The molecule has 1 aromatic carbocycles. The van der Waals surface area contributed by atoms with Gasteiger partial charge in [0, 0.05) is 25.2 Å². The van der Waals surface area contributed by atoms with E-state index in [2.05, 4.69) is 23.4 Å². The summed E-state index contributed by atoms with van der Waals surface area (Å²) in [6, 6.07) is 9.75. The molecule has 2 rings (SSSR count). The van der Waals surface area contributed by atoms with E-state index in [1.807, 2.05) is 35.9 Å². The maximum absolute atomic E-state index is 11.0. The molecule has 0 saturated carbocycles. The summed E-state index contributed by atoms with van der Waals surface area (Å²) < 4.78 is 7.63. The smallest absolute Gasteiger partial charge is 0.130 e. The summed E-state index contributed by atoms with van der Waals surface area (Å²) in [5, 5.41) is 17.7. The van der Waals surface area contributed by atoms with Gasteiger partial charge in [-0.15, -0.1) is 0 Å². The Hall–Kier alpha value is -2.18. The van der Waals surface area contributed by atoms with E-state index in [4.69, 9.17) is 4.74 Å². The Balaban J connectivity index is 1.58. The van der Waals surface area contributed by atoms with Crippen molar-refractivity contribution in [2.45, 2.75) is 52.7 Å². The van der Waals surface area contributed by atoms with Gasteiger partial charge in [-0.3, -0.25) is 4.68 Å². The summed E-state index contributed by atoms with van der Waals surface area (Å²) in [5.74, 6) is 0.922. The van der Waals surface area contributed by atoms with E-state index in [9.17, 15) is 9.90 Å². The lowest BCUT2D eigenvalue weighted by Gasteiger charge is -2.14. The fourth-order valence-corrected chi connectivity index (χ4v) is 2.85. The average molecular weight is 373 g/mol. The van der Waals surface area contributed by atoms with E-state index in [1.54, 1.807) is 6.92 Å². The van der Waals surface area contributed by atoms with E-state index in [-0.39, 0.29) is 12.4 Å². The second kappa shape index (κ2) is 10.8. The second-order valence-corrected chi connectivity index (χ2v) is 7.02. The zero-order valence-electron chi connectivity index (χ0n) is 16.6. The highest BCUT2D eigenvalue weighted by atomic mass is 16.5. The number of aryl methyl sites for hydroxylation is 4. The molecule has 27 heavy (non-hydrogen) atoms. The van der Waals surface area contributed by atoms with Gasteiger partial charge >= 0.3 is 0 Å². The molecule has 1 aromatic heterocycles. The molecule has 6 nitrogen and oxygen atoms in total. The minimum absolute atomic E-state index is 0.195. The highest BCUT2D eigenvalue weighted by molar-refractivity contribution is 5.75. The maximum atomic E-state index is 11.0. The van der Waals surface area contributed by atoms with E-state index < -0.39 is 6.10 Å². The van der Waals surface area contributed by atoms with E-state index >= 15 is 0 Å². The molecule has 6 heteroatoms. The lowest BCUT2D eigenvalue weighted by Crippen LogP contribution is -2.32. The number of carbonyl (C=O) groups excluding carboxylic acids is 1. The predicted molar refractivity (Wildman–Crippen MR) is 106 cm³/mol. The van der Waals surface area contributed by atoms with Crippen LogP contribution in [0.5, 0.6) is 5.75 Å². The predicted octanol–water partition coefficient (Wildman–Crippen LogP) is 2.44. The van der Waals surface area contributed by atoms with Crippen LogP contribution in [-0.4, -0.2) is 46.5 Å². The number of rotatable bonds is 12. The van der Waals surface area contributed by atoms with E-state index in [0.29, 0.717) is 13.0 Å². The van der Waals surface area contributed by atoms with Crippen LogP contribution in [0.4, 0.5) is 0 Å². The van der Waals surface area contributed by atoms with Crippen molar-refractivity contribution in [3.05, 3.63) is 47.3 Å². The molecular weight excluding hydrogens is 342 g/mol. The third-order valence-electron chi connectivity index (χ3n) is 4.34. The SMILES string of the molecule is CC(=O)CCc1ccc(OC[C@@H](O)CNCCCn2nc(C)cc2C)cc1. The van der Waals surface area contributed by atoms with Crippen molar-refractivity contribution in [3.63, 3.8) is 0 Å². The molecule has 0 aliphatic heterocycles.